The van der Waals surface area contributed by atoms with Crippen molar-refractivity contribution in [2.24, 2.45) is 0 Å². The lowest BCUT2D eigenvalue weighted by Crippen LogP contribution is -2.14. The van der Waals surface area contributed by atoms with E-state index in [9.17, 15) is 9.18 Å². The van der Waals surface area contributed by atoms with Crippen molar-refractivity contribution < 1.29 is 18.3 Å². The molecular formula is C17H13ClFN3O3S. The predicted molar refractivity (Wildman–Crippen MR) is 97.0 cm³/mol. The highest BCUT2D eigenvalue weighted by Crippen LogP contribution is 2.25. The molecule has 1 aromatic heterocycles. The van der Waals surface area contributed by atoms with E-state index >= 15 is 0 Å². The molecule has 0 aliphatic rings. The molecule has 0 radical (unpaired) electrons. The molecule has 0 saturated heterocycles. The monoisotopic (exact) mass is 393 g/mol. The third kappa shape index (κ3) is 4.53. The summed E-state index contributed by atoms with van der Waals surface area (Å²) in [6.07, 6.45) is 0. The summed E-state index contributed by atoms with van der Waals surface area (Å²) in [5.74, 6) is -0.399. The second-order valence-electron chi connectivity index (χ2n) is 5.07. The van der Waals surface area contributed by atoms with Gasteiger partial charge in [0, 0.05) is 22.3 Å². The number of ether oxygens (including phenoxy) is 1. The SMILES string of the molecule is COc1ccc(NC(=O)CSc2nnc(-c3ccc(Cl)cc3)o2)cc1F. The van der Waals surface area contributed by atoms with Gasteiger partial charge in [0.15, 0.2) is 11.6 Å². The first-order valence-corrected chi connectivity index (χ1v) is 8.77. The summed E-state index contributed by atoms with van der Waals surface area (Å²) in [7, 11) is 1.37. The van der Waals surface area contributed by atoms with E-state index in [1.807, 2.05) is 0 Å². The van der Waals surface area contributed by atoms with Crippen LogP contribution in [0, 0.1) is 5.82 Å². The number of carbonyl (C=O) groups is 1. The minimum atomic E-state index is -0.553. The molecule has 9 heteroatoms. The Bertz CT molecular complexity index is 918. The first-order valence-electron chi connectivity index (χ1n) is 7.41. The van der Waals surface area contributed by atoms with E-state index in [-0.39, 0.29) is 22.6 Å². The zero-order valence-corrected chi connectivity index (χ0v) is 15.1. The molecule has 1 N–H and O–H groups in total. The van der Waals surface area contributed by atoms with Gasteiger partial charge in [-0.25, -0.2) is 4.39 Å². The summed E-state index contributed by atoms with van der Waals surface area (Å²) in [6, 6.07) is 11.1. The Labute approximate surface area is 157 Å². The van der Waals surface area contributed by atoms with E-state index in [0.717, 1.165) is 17.3 Å². The Morgan fingerprint density at radius 2 is 2.04 bits per heavy atom. The van der Waals surface area contributed by atoms with E-state index in [2.05, 4.69) is 15.5 Å². The van der Waals surface area contributed by atoms with Crippen LogP contribution in [-0.2, 0) is 4.79 Å². The lowest BCUT2D eigenvalue weighted by atomic mass is 10.2. The van der Waals surface area contributed by atoms with Gasteiger partial charge < -0.3 is 14.5 Å². The molecule has 3 aromatic rings. The third-order valence-electron chi connectivity index (χ3n) is 3.26. The molecule has 1 amide bonds. The maximum Gasteiger partial charge on any atom is 0.277 e. The average molecular weight is 394 g/mol. The smallest absolute Gasteiger partial charge is 0.277 e. The number of methoxy groups -OCH3 is 1. The molecule has 6 nitrogen and oxygen atoms in total. The van der Waals surface area contributed by atoms with Crippen LogP contribution in [-0.4, -0.2) is 29.0 Å². The minimum Gasteiger partial charge on any atom is -0.494 e. The number of thioether (sulfide) groups is 1. The van der Waals surface area contributed by atoms with Crippen LogP contribution in [0.4, 0.5) is 10.1 Å². The van der Waals surface area contributed by atoms with Crippen molar-refractivity contribution >= 4 is 35.0 Å². The second kappa shape index (κ2) is 8.20. The summed E-state index contributed by atoms with van der Waals surface area (Å²) in [6.45, 7) is 0. The molecule has 0 atom stereocenters. The number of halogens is 2. The lowest BCUT2D eigenvalue weighted by Gasteiger charge is -2.06. The fourth-order valence-corrected chi connectivity index (χ4v) is 2.73. The van der Waals surface area contributed by atoms with E-state index in [0.29, 0.717) is 16.6 Å². The summed E-state index contributed by atoms with van der Waals surface area (Å²) in [5, 5.41) is 11.3. The van der Waals surface area contributed by atoms with Gasteiger partial charge in [-0.2, -0.15) is 0 Å². The molecule has 26 heavy (non-hydrogen) atoms. The zero-order valence-electron chi connectivity index (χ0n) is 13.5. The maximum atomic E-state index is 13.6. The number of anilines is 1. The molecule has 0 aliphatic carbocycles. The van der Waals surface area contributed by atoms with Crippen molar-refractivity contribution in [3.05, 3.63) is 53.3 Å². The van der Waals surface area contributed by atoms with Crippen LogP contribution in [0.1, 0.15) is 0 Å². The molecule has 0 aliphatic heterocycles. The number of nitrogens with one attached hydrogen (secondary N) is 1. The normalized spacial score (nSPS) is 10.6. The number of amides is 1. The van der Waals surface area contributed by atoms with Crippen molar-refractivity contribution in [3.63, 3.8) is 0 Å². The van der Waals surface area contributed by atoms with Crippen LogP contribution in [0.5, 0.6) is 5.75 Å². The van der Waals surface area contributed by atoms with Crippen molar-refractivity contribution in [2.45, 2.75) is 5.22 Å². The number of hydrogen-bond donors (Lipinski definition) is 1. The summed E-state index contributed by atoms with van der Waals surface area (Å²) >= 11 is 6.92. The molecule has 0 bridgehead atoms. The van der Waals surface area contributed by atoms with Gasteiger partial charge in [-0.05, 0) is 36.4 Å². The Morgan fingerprint density at radius 1 is 1.27 bits per heavy atom. The second-order valence-corrected chi connectivity index (χ2v) is 6.43. The van der Waals surface area contributed by atoms with Crippen LogP contribution in [0.25, 0.3) is 11.5 Å². The summed E-state index contributed by atoms with van der Waals surface area (Å²) < 4.78 is 23.9. The summed E-state index contributed by atoms with van der Waals surface area (Å²) in [5.41, 5.74) is 1.06. The largest absolute Gasteiger partial charge is 0.494 e. The van der Waals surface area contributed by atoms with Gasteiger partial charge in [0.2, 0.25) is 11.8 Å². The zero-order chi connectivity index (χ0) is 18.5. The number of benzene rings is 2. The summed E-state index contributed by atoms with van der Waals surface area (Å²) in [4.78, 5) is 12.0. The average Bonchev–Trinajstić information content (AvgIpc) is 3.10. The molecule has 0 fully saturated rings. The van der Waals surface area contributed by atoms with E-state index in [1.54, 1.807) is 30.3 Å². The van der Waals surface area contributed by atoms with Crippen molar-refractivity contribution in [2.75, 3.05) is 18.2 Å². The molecule has 1 heterocycles. The van der Waals surface area contributed by atoms with Gasteiger partial charge in [0.1, 0.15) is 0 Å². The number of carbonyl (C=O) groups excluding carboxylic acids is 1. The first-order chi connectivity index (χ1) is 12.5. The highest BCUT2D eigenvalue weighted by molar-refractivity contribution is 7.99. The van der Waals surface area contributed by atoms with E-state index in [1.165, 1.54) is 19.2 Å². The van der Waals surface area contributed by atoms with Crippen LogP contribution in [0.3, 0.4) is 0 Å². The molecule has 3 rings (SSSR count). The highest BCUT2D eigenvalue weighted by atomic mass is 35.5. The van der Waals surface area contributed by atoms with Crippen molar-refractivity contribution in [3.8, 4) is 17.2 Å². The Balaban J connectivity index is 1.56. The van der Waals surface area contributed by atoms with Crippen LogP contribution in [0.2, 0.25) is 5.02 Å². The number of aromatic nitrogens is 2. The number of hydrogen-bond acceptors (Lipinski definition) is 6. The predicted octanol–water partition coefficient (Wildman–Crippen LogP) is 4.27. The Morgan fingerprint density at radius 3 is 2.73 bits per heavy atom. The standard InChI is InChI=1S/C17H13ClFN3O3S/c1-24-14-7-6-12(8-13(14)19)20-15(23)9-26-17-22-21-16(25-17)10-2-4-11(18)5-3-10/h2-8H,9H2,1H3,(H,20,23). The number of nitrogens with zero attached hydrogens (tertiary/aromatic N) is 2. The molecule has 0 spiro atoms. The molecule has 2 aromatic carbocycles. The molecule has 0 saturated carbocycles. The number of rotatable bonds is 6. The van der Waals surface area contributed by atoms with Crippen molar-refractivity contribution in [1.82, 2.24) is 10.2 Å². The van der Waals surface area contributed by atoms with Gasteiger partial charge in [-0.3, -0.25) is 4.79 Å². The molecular weight excluding hydrogens is 381 g/mol. The van der Waals surface area contributed by atoms with Gasteiger partial charge in [0.05, 0.1) is 12.9 Å². The van der Waals surface area contributed by atoms with Crippen molar-refractivity contribution in [1.29, 1.82) is 0 Å². The first kappa shape index (κ1) is 18.2. The van der Waals surface area contributed by atoms with Crippen LogP contribution >= 0.6 is 23.4 Å². The van der Waals surface area contributed by atoms with Gasteiger partial charge in [0.25, 0.3) is 5.22 Å². The molecule has 0 unspecified atom stereocenters. The highest BCUT2D eigenvalue weighted by Gasteiger charge is 2.12. The van der Waals surface area contributed by atoms with E-state index < -0.39 is 5.82 Å². The third-order valence-corrected chi connectivity index (χ3v) is 4.33. The van der Waals surface area contributed by atoms with Gasteiger partial charge in [-0.1, -0.05) is 23.4 Å². The Kier molecular flexibility index (Phi) is 5.75. The van der Waals surface area contributed by atoms with Gasteiger partial charge >= 0.3 is 0 Å². The minimum absolute atomic E-state index is 0.0376. The van der Waals surface area contributed by atoms with Crippen LogP contribution in [0.15, 0.2) is 52.1 Å². The Hall–Kier alpha value is -2.58. The lowest BCUT2D eigenvalue weighted by molar-refractivity contribution is -0.113. The molecule has 134 valence electrons. The maximum absolute atomic E-state index is 13.6. The van der Waals surface area contributed by atoms with Gasteiger partial charge in [-0.15, -0.1) is 10.2 Å². The topological polar surface area (TPSA) is 77.2 Å². The quantitative estimate of drug-likeness (QED) is 0.630. The fraction of sp³-hybridized carbons (Fsp3) is 0.118. The van der Waals surface area contributed by atoms with Crippen LogP contribution < -0.4 is 10.1 Å². The fourth-order valence-electron chi connectivity index (χ4n) is 2.05. The van der Waals surface area contributed by atoms with E-state index in [4.69, 9.17) is 20.8 Å².